The van der Waals surface area contributed by atoms with Gasteiger partial charge in [-0.05, 0) is 22.9 Å². The Bertz CT molecular complexity index is 813. The zero-order chi connectivity index (χ0) is 14.4. The fraction of sp³-hybridized carbons (Fsp3) is 0.176. The molecule has 106 valence electrons. The minimum Gasteiger partial charge on any atom is -0.485 e. The maximum Gasteiger partial charge on any atom is 0.127 e. The molecule has 0 spiro atoms. The second kappa shape index (κ2) is 4.83. The summed E-state index contributed by atoms with van der Waals surface area (Å²) in [6.45, 7) is 0. The maximum absolute atomic E-state index is 13.4. The van der Waals surface area contributed by atoms with Crippen LogP contribution in [0.4, 0.5) is 4.39 Å². The van der Waals surface area contributed by atoms with E-state index >= 15 is 0 Å². The maximum atomic E-state index is 13.4. The fourth-order valence-corrected chi connectivity index (χ4v) is 3.92. The molecule has 2 heterocycles. The van der Waals surface area contributed by atoms with Gasteiger partial charge in [0.1, 0.15) is 17.7 Å². The van der Waals surface area contributed by atoms with Gasteiger partial charge in [0.15, 0.2) is 0 Å². The van der Waals surface area contributed by atoms with Crippen LogP contribution in [0.25, 0.3) is 10.1 Å². The topological polar surface area (TPSA) is 35.2 Å². The van der Waals surface area contributed by atoms with Crippen molar-refractivity contribution in [3.8, 4) is 5.75 Å². The molecule has 21 heavy (non-hydrogen) atoms. The van der Waals surface area contributed by atoms with Gasteiger partial charge in [-0.3, -0.25) is 0 Å². The lowest BCUT2D eigenvalue weighted by molar-refractivity contribution is 0.162. The van der Waals surface area contributed by atoms with Crippen LogP contribution in [0, 0.1) is 5.82 Å². The van der Waals surface area contributed by atoms with E-state index < -0.39 is 0 Å². The van der Waals surface area contributed by atoms with Gasteiger partial charge in [-0.15, -0.1) is 11.3 Å². The van der Waals surface area contributed by atoms with E-state index in [-0.39, 0.29) is 18.0 Å². The summed E-state index contributed by atoms with van der Waals surface area (Å²) in [4.78, 5) is 0. The zero-order valence-electron chi connectivity index (χ0n) is 11.3. The largest absolute Gasteiger partial charge is 0.485 e. The first-order chi connectivity index (χ1) is 10.2. The van der Waals surface area contributed by atoms with Crippen molar-refractivity contribution in [2.24, 2.45) is 5.73 Å². The molecule has 2 N–H and O–H groups in total. The first-order valence-corrected chi connectivity index (χ1v) is 7.78. The van der Waals surface area contributed by atoms with Crippen molar-refractivity contribution in [1.82, 2.24) is 0 Å². The summed E-state index contributed by atoms with van der Waals surface area (Å²) in [5.41, 5.74) is 8.26. The number of thiophene rings is 1. The predicted octanol–water partition coefficient (Wildman–Crippen LogP) is 4.56. The number of hydrogen-bond donors (Lipinski definition) is 1. The summed E-state index contributed by atoms with van der Waals surface area (Å²) in [5.74, 6) is 0.269. The highest BCUT2D eigenvalue weighted by atomic mass is 32.1. The highest BCUT2D eigenvalue weighted by Crippen LogP contribution is 2.42. The molecular formula is C17H14FNOS. The summed E-state index contributed by atoms with van der Waals surface area (Å²) >= 11 is 1.70. The number of ether oxygens (including phenoxy) is 1. The Balaban J connectivity index is 1.78. The number of benzene rings is 2. The minimum atomic E-state index is -0.295. The molecule has 0 radical (unpaired) electrons. The molecule has 1 aliphatic rings. The third-order valence-corrected chi connectivity index (χ3v) is 4.95. The van der Waals surface area contributed by atoms with E-state index in [0.29, 0.717) is 12.2 Å². The molecule has 2 aromatic carbocycles. The molecule has 1 unspecified atom stereocenters. The molecule has 4 rings (SSSR count). The standard InChI is InChI=1S/C17H14FNOS/c18-10-5-6-12-14(19)8-16(20-15(12)7-10)13-9-21-17-4-2-1-3-11(13)17/h1-7,9,14,16H,8,19H2/t14-,16?/m0/s1. The smallest absolute Gasteiger partial charge is 0.127 e. The molecule has 4 heteroatoms. The van der Waals surface area contributed by atoms with E-state index in [1.165, 1.54) is 22.2 Å². The highest BCUT2D eigenvalue weighted by Gasteiger charge is 2.28. The van der Waals surface area contributed by atoms with Crippen molar-refractivity contribution in [3.63, 3.8) is 0 Å². The molecule has 0 saturated carbocycles. The van der Waals surface area contributed by atoms with E-state index in [0.717, 1.165) is 11.1 Å². The van der Waals surface area contributed by atoms with Crippen LogP contribution in [0.5, 0.6) is 5.75 Å². The lowest BCUT2D eigenvalue weighted by Gasteiger charge is -2.30. The highest BCUT2D eigenvalue weighted by molar-refractivity contribution is 7.17. The van der Waals surface area contributed by atoms with Crippen LogP contribution >= 0.6 is 11.3 Å². The normalized spacial score (nSPS) is 21.0. The first kappa shape index (κ1) is 12.8. The number of fused-ring (bicyclic) bond motifs is 2. The summed E-state index contributed by atoms with van der Waals surface area (Å²) in [6.07, 6.45) is 0.588. The molecule has 2 atom stereocenters. The average molecular weight is 299 g/mol. The molecule has 0 fully saturated rings. The molecule has 3 aromatic rings. The average Bonchev–Trinajstić information content (AvgIpc) is 2.90. The monoisotopic (exact) mass is 299 g/mol. The van der Waals surface area contributed by atoms with E-state index in [1.807, 2.05) is 12.1 Å². The van der Waals surface area contributed by atoms with Gasteiger partial charge in [0.05, 0.1) is 0 Å². The van der Waals surface area contributed by atoms with Gasteiger partial charge in [0, 0.05) is 34.4 Å². The second-order valence-corrected chi connectivity index (χ2v) is 6.23. The molecule has 0 amide bonds. The predicted molar refractivity (Wildman–Crippen MR) is 83.1 cm³/mol. The van der Waals surface area contributed by atoms with Crippen LogP contribution in [0.15, 0.2) is 47.8 Å². The summed E-state index contributed by atoms with van der Waals surface area (Å²) in [5, 5.41) is 3.31. The Morgan fingerprint density at radius 3 is 2.90 bits per heavy atom. The van der Waals surface area contributed by atoms with Crippen molar-refractivity contribution in [2.45, 2.75) is 18.6 Å². The van der Waals surface area contributed by atoms with Crippen LogP contribution < -0.4 is 10.5 Å². The van der Waals surface area contributed by atoms with Crippen LogP contribution in [0.3, 0.4) is 0 Å². The molecule has 0 aliphatic carbocycles. The van der Waals surface area contributed by atoms with Gasteiger partial charge in [-0.1, -0.05) is 24.3 Å². The Labute approximate surface area is 126 Å². The first-order valence-electron chi connectivity index (χ1n) is 6.90. The zero-order valence-corrected chi connectivity index (χ0v) is 12.1. The van der Waals surface area contributed by atoms with Crippen LogP contribution in [0.2, 0.25) is 0 Å². The second-order valence-electron chi connectivity index (χ2n) is 5.32. The molecular weight excluding hydrogens is 285 g/mol. The quantitative estimate of drug-likeness (QED) is 0.714. The Kier molecular flexibility index (Phi) is 2.94. The molecule has 2 nitrogen and oxygen atoms in total. The Hall–Kier alpha value is -1.91. The fourth-order valence-electron chi connectivity index (χ4n) is 2.91. The summed E-state index contributed by atoms with van der Waals surface area (Å²) in [7, 11) is 0. The van der Waals surface area contributed by atoms with Crippen molar-refractivity contribution < 1.29 is 9.13 Å². The van der Waals surface area contributed by atoms with Crippen molar-refractivity contribution in [1.29, 1.82) is 0 Å². The minimum absolute atomic E-state index is 0.120. The number of nitrogens with two attached hydrogens (primary N) is 1. The van der Waals surface area contributed by atoms with Gasteiger partial charge in [-0.2, -0.15) is 0 Å². The lowest BCUT2D eigenvalue weighted by atomic mass is 9.93. The SMILES string of the molecule is N[C@H]1CC(c2csc3ccccc23)Oc2cc(F)ccc21. The van der Waals surface area contributed by atoms with Gasteiger partial charge in [0.2, 0.25) is 0 Å². The summed E-state index contributed by atoms with van der Waals surface area (Å²) < 4.78 is 20.7. The Morgan fingerprint density at radius 1 is 1.14 bits per heavy atom. The molecule has 0 bridgehead atoms. The number of hydrogen-bond acceptors (Lipinski definition) is 3. The van der Waals surface area contributed by atoms with E-state index in [2.05, 4.69) is 17.5 Å². The number of halogens is 1. The van der Waals surface area contributed by atoms with Crippen molar-refractivity contribution >= 4 is 21.4 Å². The van der Waals surface area contributed by atoms with Gasteiger partial charge < -0.3 is 10.5 Å². The lowest BCUT2D eigenvalue weighted by Crippen LogP contribution is -2.24. The van der Waals surface area contributed by atoms with Crippen molar-refractivity contribution in [3.05, 3.63) is 64.8 Å². The van der Waals surface area contributed by atoms with E-state index in [9.17, 15) is 4.39 Å². The summed E-state index contributed by atoms with van der Waals surface area (Å²) in [6, 6.07) is 12.7. The molecule has 1 aromatic heterocycles. The van der Waals surface area contributed by atoms with Gasteiger partial charge >= 0.3 is 0 Å². The van der Waals surface area contributed by atoms with Crippen LogP contribution in [0.1, 0.15) is 29.7 Å². The van der Waals surface area contributed by atoms with Crippen molar-refractivity contribution in [2.75, 3.05) is 0 Å². The van der Waals surface area contributed by atoms with Gasteiger partial charge in [0.25, 0.3) is 0 Å². The third kappa shape index (κ3) is 2.11. The van der Waals surface area contributed by atoms with E-state index in [1.54, 1.807) is 17.4 Å². The third-order valence-electron chi connectivity index (χ3n) is 3.97. The molecule has 0 saturated heterocycles. The van der Waals surface area contributed by atoms with Crippen LogP contribution in [-0.4, -0.2) is 0 Å². The number of rotatable bonds is 1. The van der Waals surface area contributed by atoms with E-state index in [4.69, 9.17) is 10.5 Å². The molecule has 1 aliphatic heterocycles. The van der Waals surface area contributed by atoms with Crippen LogP contribution in [-0.2, 0) is 0 Å². The Morgan fingerprint density at radius 2 is 2.00 bits per heavy atom. The van der Waals surface area contributed by atoms with Gasteiger partial charge in [-0.25, -0.2) is 4.39 Å².